The van der Waals surface area contributed by atoms with Gasteiger partial charge in [-0.05, 0) is 37.3 Å². The Labute approximate surface area is 91.6 Å². The summed E-state index contributed by atoms with van der Waals surface area (Å²) in [6.45, 7) is 6.07. The van der Waals surface area contributed by atoms with Gasteiger partial charge in [0.25, 0.3) is 0 Å². The van der Waals surface area contributed by atoms with Gasteiger partial charge in [0, 0.05) is 0 Å². The fourth-order valence-corrected chi connectivity index (χ4v) is 1.90. The van der Waals surface area contributed by atoms with Gasteiger partial charge >= 0.3 is 0 Å². The Morgan fingerprint density at radius 3 is 2.53 bits per heavy atom. The minimum atomic E-state index is -0.611. The minimum Gasteiger partial charge on any atom is -0.394 e. The molecule has 0 saturated heterocycles. The molecule has 2 N–H and O–H groups in total. The summed E-state index contributed by atoms with van der Waals surface area (Å²) in [5, 5.41) is 18.2. The molecule has 15 heavy (non-hydrogen) atoms. The van der Waals surface area contributed by atoms with Gasteiger partial charge in [-0.2, -0.15) is 0 Å². The quantitative estimate of drug-likeness (QED) is 0.796. The molecule has 84 valence electrons. The van der Waals surface area contributed by atoms with Gasteiger partial charge in [0.15, 0.2) is 0 Å². The lowest BCUT2D eigenvalue weighted by Gasteiger charge is -2.17. The predicted octanol–water partition coefficient (Wildman–Crippen LogP) is 2.15. The van der Waals surface area contributed by atoms with Crippen LogP contribution < -0.4 is 0 Å². The second-order valence-electron chi connectivity index (χ2n) is 4.33. The van der Waals surface area contributed by atoms with E-state index in [4.69, 9.17) is 5.11 Å². The molecule has 0 heterocycles. The molecule has 1 rings (SSSR count). The number of aliphatic hydroxyl groups excluding tert-OH is 2. The molecule has 0 aliphatic rings. The maximum atomic E-state index is 9.40. The van der Waals surface area contributed by atoms with Gasteiger partial charge in [0.2, 0.25) is 0 Å². The molecule has 0 radical (unpaired) electrons. The zero-order valence-electron chi connectivity index (χ0n) is 9.70. The first-order valence-electron chi connectivity index (χ1n) is 5.40. The van der Waals surface area contributed by atoms with Crippen molar-refractivity contribution < 1.29 is 10.2 Å². The van der Waals surface area contributed by atoms with Crippen molar-refractivity contribution in [3.8, 4) is 0 Å². The van der Waals surface area contributed by atoms with Gasteiger partial charge < -0.3 is 10.2 Å². The van der Waals surface area contributed by atoms with E-state index in [-0.39, 0.29) is 12.5 Å². The molecule has 0 bridgehead atoms. The van der Waals surface area contributed by atoms with Crippen molar-refractivity contribution in [3.05, 3.63) is 34.9 Å². The Balaban J connectivity index is 2.80. The third-order valence-corrected chi connectivity index (χ3v) is 2.80. The van der Waals surface area contributed by atoms with E-state index in [1.807, 2.05) is 0 Å². The summed E-state index contributed by atoms with van der Waals surface area (Å²) in [4.78, 5) is 0. The SMILES string of the molecule is Cc1ccc(C)c(C(C)CC(O)CO)c1. The van der Waals surface area contributed by atoms with Gasteiger partial charge in [0.05, 0.1) is 12.7 Å². The Bertz CT molecular complexity index is 320. The van der Waals surface area contributed by atoms with Crippen LogP contribution in [0.2, 0.25) is 0 Å². The Morgan fingerprint density at radius 2 is 1.93 bits per heavy atom. The van der Waals surface area contributed by atoms with Crippen LogP contribution in [-0.2, 0) is 0 Å². The van der Waals surface area contributed by atoms with Gasteiger partial charge in [-0.25, -0.2) is 0 Å². The second kappa shape index (κ2) is 5.29. The third-order valence-electron chi connectivity index (χ3n) is 2.80. The molecule has 0 aliphatic carbocycles. The average Bonchev–Trinajstić information content (AvgIpc) is 2.21. The zero-order valence-corrected chi connectivity index (χ0v) is 9.70. The van der Waals surface area contributed by atoms with Crippen molar-refractivity contribution >= 4 is 0 Å². The van der Waals surface area contributed by atoms with E-state index in [0.717, 1.165) is 0 Å². The number of hydrogen-bond donors (Lipinski definition) is 2. The molecule has 0 saturated carbocycles. The van der Waals surface area contributed by atoms with Crippen molar-refractivity contribution in [2.45, 2.75) is 39.2 Å². The highest BCUT2D eigenvalue weighted by atomic mass is 16.3. The maximum Gasteiger partial charge on any atom is 0.0776 e. The molecule has 0 fully saturated rings. The zero-order chi connectivity index (χ0) is 11.4. The van der Waals surface area contributed by atoms with Crippen molar-refractivity contribution in [1.82, 2.24) is 0 Å². The summed E-state index contributed by atoms with van der Waals surface area (Å²) >= 11 is 0. The second-order valence-corrected chi connectivity index (χ2v) is 4.33. The Hall–Kier alpha value is -0.860. The van der Waals surface area contributed by atoms with Crippen molar-refractivity contribution in [2.75, 3.05) is 6.61 Å². The first-order valence-corrected chi connectivity index (χ1v) is 5.40. The molecule has 1 aromatic carbocycles. The minimum absolute atomic E-state index is 0.158. The molecular weight excluding hydrogens is 188 g/mol. The normalized spacial score (nSPS) is 15.0. The topological polar surface area (TPSA) is 40.5 Å². The molecule has 0 amide bonds. The lowest BCUT2D eigenvalue weighted by molar-refractivity contribution is 0.0835. The van der Waals surface area contributed by atoms with E-state index in [1.54, 1.807) is 0 Å². The highest BCUT2D eigenvalue weighted by Crippen LogP contribution is 2.24. The largest absolute Gasteiger partial charge is 0.394 e. The van der Waals surface area contributed by atoms with Crippen LogP contribution in [0, 0.1) is 13.8 Å². The van der Waals surface area contributed by atoms with Crippen LogP contribution in [0.25, 0.3) is 0 Å². The average molecular weight is 208 g/mol. The van der Waals surface area contributed by atoms with Crippen molar-refractivity contribution in [3.63, 3.8) is 0 Å². The number of hydrogen-bond acceptors (Lipinski definition) is 2. The molecule has 0 aromatic heterocycles. The molecule has 0 spiro atoms. The number of benzene rings is 1. The number of aliphatic hydroxyl groups is 2. The predicted molar refractivity (Wildman–Crippen MR) is 62.0 cm³/mol. The summed E-state index contributed by atoms with van der Waals surface area (Å²) in [6, 6.07) is 6.35. The van der Waals surface area contributed by atoms with Crippen LogP contribution in [0.4, 0.5) is 0 Å². The first kappa shape index (κ1) is 12.2. The van der Waals surface area contributed by atoms with Crippen LogP contribution in [0.3, 0.4) is 0 Å². The molecule has 0 aliphatic heterocycles. The van der Waals surface area contributed by atoms with Gasteiger partial charge in [-0.3, -0.25) is 0 Å². The fraction of sp³-hybridized carbons (Fsp3) is 0.538. The van der Waals surface area contributed by atoms with Crippen LogP contribution in [0.15, 0.2) is 18.2 Å². The van der Waals surface area contributed by atoms with E-state index in [1.165, 1.54) is 16.7 Å². The Kier molecular flexibility index (Phi) is 4.30. The summed E-state index contributed by atoms with van der Waals surface area (Å²) in [6.07, 6.45) is 0.000706. The third kappa shape index (κ3) is 3.33. The smallest absolute Gasteiger partial charge is 0.0776 e. The molecule has 2 atom stereocenters. The molecule has 2 heteroatoms. The van der Waals surface area contributed by atoms with Crippen LogP contribution in [0.1, 0.15) is 36.0 Å². The lowest BCUT2D eigenvalue weighted by Crippen LogP contribution is -2.15. The van der Waals surface area contributed by atoms with Gasteiger partial charge in [0.1, 0.15) is 0 Å². The van der Waals surface area contributed by atoms with Crippen molar-refractivity contribution in [2.24, 2.45) is 0 Å². The van der Waals surface area contributed by atoms with E-state index >= 15 is 0 Å². The maximum absolute atomic E-state index is 9.40. The fourth-order valence-electron chi connectivity index (χ4n) is 1.90. The monoisotopic (exact) mass is 208 g/mol. The molecule has 2 unspecified atom stereocenters. The van der Waals surface area contributed by atoms with E-state index in [9.17, 15) is 5.11 Å². The van der Waals surface area contributed by atoms with E-state index in [2.05, 4.69) is 39.0 Å². The number of aryl methyl sites for hydroxylation is 2. The Morgan fingerprint density at radius 1 is 1.27 bits per heavy atom. The number of rotatable bonds is 4. The molecule has 1 aromatic rings. The molecule has 2 nitrogen and oxygen atoms in total. The van der Waals surface area contributed by atoms with E-state index < -0.39 is 6.10 Å². The highest BCUT2D eigenvalue weighted by molar-refractivity contribution is 5.33. The van der Waals surface area contributed by atoms with Gasteiger partial charge in [-0.15, -0.1) is 0 Å². The first-order chi connectivity index (χ1) is 7.04. The molecular formula is C13H20O2. The van der Waals surface area contributed by atoms with E-state index in [0.29, 0.717) is 6.42 Å². The van der Waals surface area contributed by atoms with Crippen molar-refractivity contribution in [1.29, 1.82) is 0 Å². The summed E-state index contributed by atoms with van der Waals surface area (Å²) in [5.74, 6) is 0.284. The van der Waals surface area contributed by atoms with Crippen LogP contribution in [-0.4, -0.2) is 22.9 Å². The summed E-state index contributed by atoms with van der Waals surface area (Å²) in [7, 11) is 0. The van der Waals surface area contributed by atoms with Gasteiger partial charge in [-0.1, -0.05) is 30.7 Å². The highest BCUT2D eigenvalue weighted by Gasteiger charge is 2.13. The standard InChI is InChI=1S/C13H20O2/c1-9-4-5-10(2)13(6-9)11(3)7-12(15)8-14/h4-6,11-12,14-15H,7-8H2,1-3H3. The van der Waals surface area contributed by atoms with Crippen LogP contribution in [0.5, 0.6) is 0 Å². The summed E-state index contributed by atoms with van der Waals surface area (Å²) < 4.78 is 0. The summed E-state index contributed by atoms with van der Waals surface area (Å²) in [5.41, 5.74) is 3.75. The lowest BCUT2D eigenvalue weighted by atomic mass is 9.90. The van der Waals surface area contributed by atoms with Crippen LogP contribution >= 0.6 is 0 Å².